The van der Waals surface area contributed by atoms with Gasteiger partial charge in [-0.3, -0.25) is 4.79 Å². The SMILES string of the molecule is CC(C)c1ccc(NC(=O)C2Cc3ccccc3N2)cc1. The number of para-hydroxylation sites is 1. The molecule has 0 saturated heterocycles. The van der Waals surface area contributed by atoms with Crippen LogP contribution in [0.4, 0.5) is 11.4 Å². The number of benzene rings is 2. The highest BCUT2D eigenvalue weighted by Crippen LogP contribution is 2.26. The number of carbonyl (C=O) groups is 1. The Morgan fingerprint density at radius 2 is 1.86 bits per heavy atom. The topological polar surface area (TPSA) is 41.1 Å². The van der Waals surface area contributed by atoms with Gasteiger partial charge in [-0.25, -0.2) is 0 Å². The highest BCUT2D eigenvalue weighted by atomic mass is 16.2. The number of hydrogen-bond donors (Lipinski definition) is 2. The maximum atomic E-state index is 12.3. The van der Waals surface area contributed by atoms with E-state index < -0.39 is 0 Å². The Labute approximate surface area is 125 Å². The normalized spacial score (nSPS) is 16.4. The zero-order chi connectivity index (χ0) is 14.8. The van der Waals surface area contributed by atoms with Crippen molar-refractivity contribution in [1.82, 2.24) is 0 Å². The molecule has 1 heterocycles. The Balaban J connectivity index is 1.65. The van der Waals surface area contributed by atoms with Crippen LogP contribution >= 0.6 is 0 Å². The summed E-state index contributed by atoms with van der Waals surface area (Å²) in [6.07, 6.45) is 0.742. The summed E-state index contributed by atoms with van der Waals surface area (Å²) in [6.45, 7) is 4.32. The van der Waals surface area contributed by atoms with Crippen LogP contribution in [0.2, 0.25) is 0 Å². The van der Waals surface area contributed by atoms with Crippen molar-refractivity contribution in [3.63, 3.8) is 0 Å². The van der Waals surface area contributed by atoms with Gasteiger partial charge < -0.3 is 10.6 Å². The Morgan fingerprint density at radius 1 is 1.14 bits per heavy atom. The lowest BCUT2D eigenvalue weighted by Gasteiger charge is -2.13. The Kier molecular flexibility index (Phi) is 3.65. The molecule has 0 bridgehead atoms. The number of nitrogens with one attached hydrogen (secondary N) is 2. The summed E-state index contributed by atoms with van der Waals surface area (Å²) in [6, 6.07) is 15.9. The standard InChI is InChI=1S/C18H20N2O/c1-12(2)13-7-9-15(10-8-13)19-18(21)17-11-14-5-3-4-6-16(14)20-17/h3-10,12,17,20H,11H2,1-2H3,(H,19,21). The smallest absolute Gasteiger partial charge is 0.247 e. The second kappa shape index (κ2) is 5.60. The van der Waals surface area contributed by atoms with E-state index in [1.165, 1.54) is 11.1 Å². The van der Waals surface area contributed by atoms with Crippen molar-refractivity contribution in [2.75, 3.05) is 10.6 Å². The number of amides is 1. The van der Waals surface area contributed by atoms with E-state index in [2.05, 4.69) is 42.7 Å². The lowest BCUT2D eigenvalue weighted by molar-refractivity contribution is -0.116. The molecular formula is C18H20N2O. The Morgan fingerprint density at radius 3 is 2.52 bits per heavy atom. The van der Waals surface area contributed by atoms with Crippen molar-refractivity contribution in [3.8, 4) is 0 Å². The third-order valence-corrected chi connectivity index (χ3v) is 3.93. The fourth-order valence-electron chi connectivity index (χ4n) is 2.64. The average Bonchev–Trinajstić information content (AvgIpc) is 2.92. The molecule has 21 heavy (non-hydrogen) atoms. The predicted octanol–water partition coefficient (Wildman–Crippen LogP) is 3.79. The van der Waals surface area contributed by atoms with Crippen LogP contribution in [0.5, 0.6) is 0 Å². The van der Waals surface area contributed by atoms with Gasteiger partial charge in [0.2, 0.25) is 5.91 Å². The van der Waals surface area contributed by atoms with E-state index in [4.69, 9.17) is 0 Å². The quantitative estimate of drug-likeness (QED) is 0.898. The molecule has 1 atom stereocenters. The summed E-state index contributed by atoms with van der Waals surface area (Å²) in [5.41, 5.74) is 4.39. The maximum absolute atomic E-state index is 12.3. The summed E-state index contributed by atoms with van der Waals surface area (Å²) in [5, 5.41) is 6.26. The first-order valence-corrected chi connectivity index (χ1v) is 7.39. The number of carbonyl (C=O) groups excluding carboxylic acids is 1. The first-order chi connectivity index (χ1) is 10.1. The van der Waals surface area contributed by atoms with Crippen LogP contribution in [0.3, 0.4) is 0 Å². The predicted molar refractivity (Wildman–Crippen MR) is 86.7 cm³/mol. The first-order valence-electron chi connectivity index (χ1n) is 7.39. The van der Waals surface area contributed by atoms with E-state index in [1.54, 1.807) is 0 Å². The number of anilines is 2. The fraction of sp³-hybridized carbons (Fsp3) is 0.278. The molecule has 3 nitrogen and oxygen atoms in total. The number of hydrogen-bond acceptors (Lipinski definition) is 2. The van der Waals surface area contributed by atoms with E-state index in [1.807, 2.05) is 30.3 Å². The molecule has 2 aromatic rings. The fourth-order valence-corrected chi connectivity index (χ4v) is 2.64. The van der Waals surface area contributed by atoms with E-state index in [0.717, 1.165) is 17.8 Å². The second-order valence-electron chi connectivity index (χ2n) is 5.82. The summed E-state index contributed by atoms with van der Waals surface area (Å²) >= 11 is 0. The largest absolute Gasteiger partial charge is 0.373 e. The van der Waals surface area contributed by atoms with Gasteiger partial charge in [0.05, 0.1) is 0 Å². The minimum absolute atomic E-state index is 0.0171. The van der Waals surface area contributed by atoms with Crippen molar-refractivity contribution in [2.45, 2.75) is 32.2 Å². The molecule has 0 radical (unpaired) electrons. The summed E-state index contributed by atoms with van der Waals surface area (Å²) in [4.78, 5) is 12.3. The molecule has 1 unspecified atom stereocenters. The van der Waals surface area contributed by atoms with Gasteiger partial charge in [-0.2, -0.15) is 0 Å². The third-order valence-electron chi connectivity index (χ3n) is 3.93. The highest BCUT2D eigenvalue weighted by Gasteiger charge is 2.26. The third kappa shape index (κ3) is 2.92. The minimum atomic E-state index is -0.188. The van der Waals surface area contributed by atoms with Crippen LogP contribution in [-0.4, -0.2) is 11.9 Å². The van der Waals surface area contributed by atoms with Crippen LogP contribution < -0.4 is 10.6 Å². The molecule has 0 spiro atoms. The summed E-state index contributed by atoms with van der Waals surface area (Å²) < 4.78 is 0. The van der Waals surface area contributed by atoms with E-state index in [9.17, 15) is 4.79 Å². The lowest BCUT2D eigenvalue weighted by atomic mass is 10.0. The van der Waals surface area contributed by atoms with E-state index in [0.29, 0.717) is 5.92 Å². The van der Waals surface area contributed by atoms with Gasteiger partial charge in [-0.05, 0) is 35.2 Å². The molecule has 1 aliphatic rings. The Hall–Kier alpha value is -2.29. The molecule has 2 aromatic carbocycles. The van der Waals surface area contributed by atoms with Crippen LogP contribution in [0.1, 0.15) is 30.9 Å². The molecule has 2 N–H and O–H groups in total. The van der Waals surface area contributed by atoms with Gasteiger partial charge in [0, 0.05) is 17.8 Å². The lowest BCUT2D eigenvalue weighted by Crippen LogP contribution is -2.32. The number of rotatable bonds is 3. The van der Waals surface area contributed by atoms with Crippen molar-refractivity contribution in [1.29, 1.82) is 0 Å². The van der Waals surface area contributed by atoms with Crippen molar-refractivity contribution in [3.05, 3.63) is 59.7 Å². The average molecular weight is 280 g/mol. The zero-order valence-corrected chi connectivity index (χ0v) is 12.4. The van der Waals surface area contributed by atoms with E-state index in [-0.39, 0.29) is 11.9 Å². The molecule has 1 amide bonds. The summed E-state index contributed by atoms with van der Waals surface area (Å²) in [7, 11) is 0. The first kappa shape index (κ1) is 13.7. The van der Waals surface area contributed by atoms with Crippen molar-refractivity contribution >= 4 is 17.3 Å². The van der Waals surface area contributed by atoms with Crippen LogP contribution in [0, 0.1) is 0 Å². The molecule has 108 valence electrons. The minimum Gasteiger partial charge on any atom is -0.373 e. The van der Waals surface area contributed by atoms with Gasteiger partial charge in [-0.15, -0.1) is 0 Å². The molecular weight excluding hydrogens is 260 g/mol. The molecule has 3 heteroatoms. The number of fused-ring (bicyclic) bond motifs is 1. The molecule has 0 aromatic heterocycles. The van der Waals surface area contributed by atoms with Gasteiger partial charge in [0.1, 0.15) is 6.04 Å². The maximum Gasteiger partial charge on any atom is 0.247 e. The van der Waals surface area contributed by atoms with Crippen LogP contribution in [0.15, 0.2) is 48.5 Å². The van der Waals surface area contributed by atoms with Gasteiger partial charge in [-0.1, -0.05) is 44.2 Å². The zero-order valence-electron chi connectivity index (χ0n) is 12.4. The van der Waals surface area contributed by atoms with Crippen LogP contribution in [-0.2, 0) is 11.2 Å². The second-order valence-corrected chi connectivity index (χ2v) is 5.82. The molecule has 0 aliphatic carbocycles. The van der Waals surface area contributed by atoms with Crippen molar-refractivity contribution < 1.29 is 4.79 Å². The van der Waals surface area contributed by atoms with Gasteiger partial charge >= 0.3 is 0 Å². The van der Waals surface area contributed by atoms with E-state index >= 15 is 0 Å². The van der Waals surface area contributed by atoms with Crippen LogP contribution in [0.25, 0.3) is 0 Å². The van der Waals surface area contributed by atoms with Gasteiger partial charge in [0.25, 0.3) is 0 Å². The highest BCUT2D eigenvalue weighted by molar-refractivity contribution is 5.98. The molecule has 1 aliphatic heterocycles. The van der Waals surface area contributed by atoms with Crippen molar-refractivity contribution in [2.24, 2.45) is 0 Å². The van der Waals surface area contributed by atoms with Gasteiger partial charge in [0.15, 0.2) is 0 Å². The monoisotopic (exact) mass is 280 g/mol. The molecule has 0 fully saturated rings. The molecule has 0 saturated carbocycles. The summed E-state index contributed by atoms with van der Waals surface area (Å²) in [5.74, 6) is 0.518. The molecule has 3 rings (SSSR count). The Bertz CT molecular complexity index is 622.